The fraction of sp³-hybridized carbons (Fsp3) is 0.929. The number of alkyl halides is 3. The van der Waals surface area contributed by atoms with Crippen molar-refractivity contribution in [2.75, 3.05) is 46.4 Å². The number of ether oxygens (including phenoxy) is 1. The molecule has 0 aromatic rings. The van der Waals surface area contributed by atoms with Crippen molar-refractivity contribution in [3.05, 3.63) is 0 Å². The van der Waals surface area contributed by atoms with Crippen molar-refractivity contribution in [3.8, 4) is 0 Å². The lowest BCUT2D eigenvalue weighted by atomic mass is 10.1. The van der Waals surface area contributed by atoms with Crippen molar-refractivity contribution in [3.63, 3.8) is 0 Å². The summed E-state index contributed by atoms with van der Waals surface area (Å²) in [5.41, 5.74) is 0. The van der Waals surface area contributed by atoms with Crippen LogP contribution in [0.2, 0.25) is 0 Å². The van der Waals surface area contributed by atoms with Gasteiger partial charge in [0.05, 0.1) is 6.54 Å². The number of nitrogens with one attached hydrogen (secondary N) is 1. The van der Waals surface area contributed by atoms with Gasteiger partial charge in [-0.25, -0.2) is 0 Å². The fourth-order valence-electron chi connectivity index (χ4n) is 2.58. The Morgan fingerprint density at radius 3 is 2.59 bits per heavy atom. The Labute approximate surface area is 129 Å². The quantitative estimate of drug-likeness (QED) is 0.712. The van der Waals surface area contributed by atoms with Gasteiger partial charge in [0.15, 0.2) is 0 Å². The Hall–Kier alpha value is -0.860. The molecule has 8 heteroatoms. The molecule has 1 heterocycles. The number of hydrogen-bond acceptors (Lipinski definition) is 4. The summed E-state index contributed by atoms with van der Waals surface area (Å²) in [4.78, 5) is 14.7. The van der Waals surface area contributed by atoms with E-state index >= 15 is 0 Å². The lowest BCUT2D eigenvalue weighted by molar-refractivity contribution is -0.197. The molecular weight excluding hydrogens is 299 g/mol. The Balaban J connectivity index is 2.57. The van der Waals surface area contributed by atoms with Crippen LogP contribution in [-0.2, 0) is 9.53 Å². The van der Waals surface area contributed by atoms with E-state index in [0.717, 1.165) is 0 Å². The van der Waals surface area contributed by atoms with Gasteiger partial charge < -0.3 is 10.1 Å². The highest BCUT2D eigenvalue weighted by Gasteiger charge is 2.46. The van der Waals surface area contributed by atoms with E-state index in [2.05, 4.69) is 5.32 Å². The van der Waals surface area contributed by atoms with E-state index in [1.165, 1.54) is 12.0 Å². The van der Waals surface area contributed by atoms with Gasteiger partial charge in [-0.2, -0.15) is 13.2 Å². The van der Waals surface area contributed by atoms with Gasteiger partial charge in [-0.3, -0.25) is 14.6 Å². The van der Waals surface area contributed by atoms with Crippen molar-refractivity contribution in [2.45, 2.75) is 38.5 Å². The van der Waals surface area contributed by atoms with Crippen molar-refractivity contribution < 1.29 is 22.7 Å². The molecule has 0 aromatic carbocycles. The van der Waals surface area contributed by atoms with E-state index in [9.17, 15) is 18.0 Å². The molecule has 1 unspecified atom stereocenters. The summed E-state index contributed by atoms with van der Waals surface area (Å²) in [7, 11) is 1.53. The van der Waals surface area contributed by atoms with Gasteiger partial charge in [0.2, 0.25) is 5.91 Å². The molecule has 1 rings (SSSR count). The molecule has 0 bridgehead atoms. The van der Waals surface area contributed by atoms with Gasteiger partial charge in [-0.05, 0) is 20.3 Å². The summed E-state index contributed by atoms with van der Waals surface area (Å²) in [5.74, 6) is -0.233. The number of halogens is 3. The first-order chi connectivity index (χ1) is 10.2. The zero-order valence-electron chi connectivity index (χ0n) is 13.4. The highest BCUT2D eigenvalue weighted by molar-refractivity contribution is 5.78. The van der Waals surface area contributed by atoms with Gasteiger partial charge in [-0.1, -0.05) is 0 Å². The summed E-state index contributed by atoms with van der Waals surface area (Å²) in [6.07, 6.45) is -3.73. The van der Waals surface area contributed by atoms with E-state index in [-0.39, 0.29) is 25.0 Å². The highest BCUT2D eigenvalue weighted by atomic mass is 19.4. The first-order valence-electron chi connectivity index (χ1n) is 7.55. The summed E-state index contributed by atoms with van der Waals surface area (Å²) in [5, 5.41) is 2.70. The SMILES string of the molecule is COCCCN1CCN(CC(=O)NC(C)C)CC1C(F)(F)F. The first kappa shape index (κ1) is 19.2. The molecule has 1 saturated heterocycles. The minimum Gasteiger partial charge on any atom is -0.385 e. The molecule has 22 heavy (non-hydrogen) atoms. The van der Waals surface area contributed by atoms with Crippen LogP contribution in [0.4, 0.5) is 13.2 Å². The number of carbonyl (C=O) groups excluding carboxylic acids is 1. The number of methoxy groups -OCH3 is 1. The summed E-state index contributed by atoms with van der Waals surface area (Å²) < 4.78 is 44.6. The van der Waals surface area contributed by atoms with E-state index in [4.69, 9.17) is 4.74 Å². The molecule has 0 aliphatic carbocycles. The number of piperazine rings is 1. The molecule has 0 spiro atoms. The van der Waals surface area contributed by atoms with E-state index in [1.807, 2.05) is 13.8 Å². The molecule has 1 aliphatic heterocycles. The average molecular weight is 325 g/mol. The predicted molar refractivity (Wildman–Crippen MR) is 77.6 cm³/mol. The third-order valence-corrected chi connectivity index (χ3v) is 3.56. The van der Waals surface area contributed by atoms with Crippen LogP contribution in [0.1, 0.15) is 20.3 Å². The molecule has 1 N–H and O–H groups in total. The predicted octanol–water partition coefficient (Wildman–Crippen LogP) is 1.10. The molecule has 1 atom stereocenters. The lowest BCUT2D eigenvalue weighted by Gasteiger charge is -2.41. The maximum atomic E-state index is 13.2. The van der Waals surface area contributed by atoms with Crippen LogP contribution in [0.5, 0.6) is 0 Å². The van der Waals surface area contributed by atoms with Crippen molar-refractivity contribution >= 4 is 5.91 Å². The molecule has 130 valence electrons. The molecule has 1 amide bonds. The molecule has 0 aromatic heterocycles. The molecule has 0 radical (unpaired) electrons. The second kappa shape index (κ2) is 8.69. The van der Waals surface area contributed by atoms with Crippen molar-refractivity contribution in [2.24, 2.45) is 0 Å². The Bertz CT molecular complexity index is 351. The monoisotopic (exact) mass is 325 g/mol. The second-order valence-corrected chi connectivity index (χ2v) is 5.90. The third kappa shape index (κ3) is 6.50. The van der Waals surface area contributed by atoms with Gasteiger partial charge in [0.25, 0.3) is 0 Å². The fourth-order valence-corrected chi connectivity index (χ4v) is 2.58. The second-order valence-electron chi connectivity index (χ2n) is 5.90. The summed E-state index contributed by atoms with van der Waals surface area (Å²) >= 11 is 0. The van der Waals surface area contributed by atoms with E-state index in [1.54, 1.807) is 4.90 Å². The average Bonchev–Trinajstić information content (AvgIpc) is 2.38. The zero-order chi connectivity index (χ0) is 16.8. The van der Waals surface area contributed by atoms with Crippen LogP contribution >= 0.6 is 0 Å². The van der Waals surface area contributed by atoms with Gasteiger partial charge >= 0.3 is 6.18 Å². The number of amides is 1. The lowest BCUT2D eigenvalue weighted by Crippen LogP contribution is -2.60. The van der Waals surface area contributed by atoms with E-state index in [0.29, 0.717) is 32.7 Å². The number of nitrogens with zero attached hydrogens (tertiary/aromatic N) is 2. The first-order valence-corrected chi connectivity index (χ1v) is 7.55. The normalized spacial score (nSPS) is 21.3. The largest absolute Gasteiger partial charge is 0.405 e. The maximum Gasteiger partial charge on any atom is 0.405 e. The standard InChI is InChI=1S/C14H26F3N3O2/c1-11(2)18-13(21)10-19-6-7-20(5-4-8-22-3)12(9-19)14(15,16)17/h11-12H,4-10H2,1-3H3,(H,18,21). The molecule has 1 fully saturated rings. The minimum absolute atomic E-state index is 0.0106. The number of carbonyl (C=O) groups is 1. The Morgan fingerprint density at radius 1 is 1.36 bits per heavy atom. The molecule has 5 nitrogen and oxygen atoms in total. The van der Waals surface area contributed by atoms with Crippen LogP contribution in [0, 0.1) is 0 Å². The van der Waals surface area contributed by atoms with Crippen LogP contribution in [0.25, 0.3) is 0 Å². The molecular formula is C14H26F3N3O2. The molecule has 1 aliphatic rings. The molecule has 0 saturated carbocycles. The van der Waals surface area contributed by atoms with Crippen molar-refractivity contribution in [1.29, 1.82) is 0 Å². The number of rotatable bonds is 7. The zero-order valence-corrected chi connectivity index (χ0v) is 13.4. The number of hydrogen-bond donors (Lipinski definition) is 1. The van der Waals surface area contributed by atoms with Crippen molar-refractivity contribution in [1.82, 2.24) is 15.1 Å². The van der Waals surface area contributed by atoms with Gasteiger partial charge in [-0.15, -0.1) is 0 Å². The van der Waals surface area contributed by atoms with Gasteiger partial charge in [0, 0.05) is 45.9 Å². The van der Waals surface area contributed by atoms with Crippen LogP contribution in [-0.4, -0.2) is 80.4 Å². The maximum absolute atomic E-state index is 13.2. The summed E-state index contributed by atoms with van der Waals surface area (Å²) in [6.45, 7) is 5.06. The van der Waals surface area contributed by atoms with Gasteiger partial charge in [0.1, 0.15) is 6.04 Å². The highest BCUT2D eigenvalue weighted by Crippen LogP contribution is 2.28. The summed E-state index contributed by atoms with van der Waals surface area (Å²) in [6, 6.07) is -1.54. The van der Waals surface area contributed by atoms with Crippen LogP contribution < -0.4 is 5.32 Å². The Morgan fingerprint density at radius 2 is 2.05 bits per heavy atom. The smallest absolute Gasteiger partial charge is 0.385 e. The Kier molecular flexibility index (Phi) is 7.58. The van der Waals surface area contributed by atoms with E-state index < -0.39 is 12.2 Å². The minimum atomic E-state index is -4.29. The van der Waals surface area contributed by atoms with Crippen LogP contribution in [0.3, 0.4) is 0 Å². The topological polar surface area (TPSA) is 44.8 Å². The van der Waals surface area contributed by atoms with Crippen LogP contribution in [0.15, 0.2) is 0 Å². The third-order valence-electron chi connectivity index (χ3n) is 3.56.